The van der Waals surface area contributed by atoms with Crippen molar-refractivity contribution in [3.8, 4) is 11.5 Å². The van der Waals surface area contributed by atoms with Gasteiger partial charge < -0.3 is 40.2 Å². The van der Waals surface area contributed by atoms with E-state index in [1.54, 1.807) is 19.4 Å². The molecule has 2 aromatic carbocycles. The fourth-order valence-corrected chi connectivity index (χ4v) is 8.95. The molecule has 0 bridgehead atoms. The predicted octanol–water partition coefficient (Wildman–Crippen LogP) is 6.22. The second kappa shape index (κ2) is 24.4. The molecule has 356 valence electrons. The van der Waals surface area contributed by atoms with Crippen LogP contribution in [0.3, 0.4) is 0 Å². The van der Waals surface area contributed by atoms with Crippen molar-refractivity contribution in [2.75, 3.05) is 77.5 Å². The number of amides is 3. The number of aryl methyl sites for hydroxylation is 1. The number of unbranched alkanes of at least 4 members (excludes halogenated alkanes) is 4. The minimum atomic E-state index is -0.167. The van der Waals surface area contributed by atoms with Crippen LogP contribution in [0.4, 0.5) is 5.69 Å². The van der Waals surface area contributed by atoms with Gasteiger partial charge in [0, 0.05) is 100 Å². The fourth-order valence-electron chi connectivity index (χ4n) is 8.95. The zero-order chi connectivity index (χ0) is 47.0. The second-order valence-corrected chi connectivity index (χ2v) is 17.5. The second-order valence-electron chi connectivity index (χ2n) is 17.5. The first-order valence-electron chi connectivity index (χ1n) is 24.1. The average molecular weight is 914 g/mol. The number of hydrogen-bond acceptors (Lipinski definition) is 11. The Morgan fingerprint density at radius 3 is 2.36 bits per heavy atom. The van der Waals surface area contributed by atoms with Crippen molar-refractivity contribution in [3.63, 3.8) is 0 Å². The summed E-state index contributed by atoms with van der Waals surface area (Å²) in [7, 11) is 1.63. The van der Waals surface area contributed by atoms with Crippen molar-refractivity contribution >= 4 is 34.4 Å². The fraction of sp³-hybridized carbons (Fsp3) is 0.462. The lowest BCUT2D eigenvalue weighted by Gasteiger charge is -2.36. The number of aromatic nitrogens is 3. The number of pyridine rings is 3. The van der Waals surface area contributed by atoms with Crippen molar-refractivity contribution in [2.24, 2.45) is 0 Å². The van der Waals surface area contributed by atoms with E-state index in [4.69, 9.17) is 9.47 Å². The number of aromatic amines is 1. The average Bonchev–Trinajstić information content (AvgIpc) is 3.36. The van der Waals surface area contributed by atoms with Crippen LogP contribution in [-0.4, -0.2) is 115 Å². The van der Waals surface area contributed by atoms with Gasteiger partial charge in [-0.3, -0.25) is 29.1 Å². The lowest BCUT2D eigenvalue weighted by Crippen LogP contribution is -2.46. The molecule has 1 atom stereocenters. The van der Waals surface area contributed by atoms with Crippen LogP contribution < -0.4 is 35.9 Å². The third-order valence-corrected chi connectivity index (χ3v) is 12.8. The number of carbonyl (C=O) groups is 3. The van der Waals surface area contributed by atoms with E-state index in [9.17, 15) is 19.2 Å². The normalized spacial score (nSPS) is 15.4. The number of carbonyl (C=O) groups excluding carboxylic acids is 3. The molecule has 5 heterocycles. The molecule has 0 spiro atoms. The lowest BCUT2D eigenvalue weighted by atomic mass is 9.89. The van der Waals surface area contributed by atoms with Crippen LogP contribution in [0.5, 0.6) is 11.5 Å². The highest BCUT2D eigenvalue weighted by molar-refractivity contribution is 5.94. The number of nitrogens with one attached hydrogen (secondary N) is 4. The lowest BCUT2D eigenvalue weighted by molar-refractivity contribution is -0.131. The number of piperidine rings is 1. The molecule has 15 nitrogen and oxygen atoms in total. The number of piperazine rings is 1. The quantitative estimate of drug-likeness (QED) is 0.0581. The summed E-state index contributed by atoms with van der Waals surface area (Å²) in [6.07, 6.45) is 11.0. The van der Waals surface area contributed by atoms with Gasteiger partial charge in [-0.1, -0.05) is 44.4 Å². The molecule has 5 aromatic rings. The number of methoxy groups -OCH3 is 1. The van der Waals surface area contributed by atoms with Crippen molar-refractivity contribution in [1.29, 1.82) is 0 Å². The van der Waals surface area contributed by atoms with Crippen molar-refractivity contribution in [1.82, 2.24) is 40.7 Å². The van der Waals surface area contributed by atoms with Gasteiger partial charge in [-0.15, -0.1) is 0 Å². The first kappa shape index (κ1) is 48.6. The number of nitrogens with zero attached hydrogens (tertiary/aromatic N) is 5. The van der Waals surface area contributed by atoms with Crippen LogP contribution in [-0.2, 0) is 24.3 Å². The maximum atomic E-state index is 13.2. The summed E-state index contributed by atoms with van der Waals surface area (Å²) in [5.41, 5.74) is 7.47. The summed E-state index contributed by atoms with van der Waals surface area (Å²) >= 11 is 0. The first-order valence-corrected chi connectivity index (χ1v) is 24.1. The third-order valence-electron chi connectivity index (χ3n) is 12.8. The van der Waals surface area contributed by atoms with Crippen molar-refractivity contribution in [3.05, 3.63) is 123 Å². The Morgan fingerprint density at radius 2 is 1.61 bits per heavy atom. The van der Waals surface area contributed by atoms with E-state index in [2.05, 4.69) is 46.8 Å². The molecule has 0 saturated carbocycles. The summed E-state index contributed by atoms with van der Waals surface area (Å²) in [5.74, 6) is 1.47. The SMILES string of the molecule is CCOc1cc(OC)ccc1CNCC(=O)N1CCC[C@H](c2cccc(C(=O)NCCCCCCCNC(=O)c3ccc(N4CCN(Cc5cnc6cc(CC)c(=O)[nH]c6c5)CC4)cn3)c2)C1. The molecule has 0 radical (unpaired) electrons. The maximum Gasteiger partial charge on any atom is 0.269 e. The Balaban J connectivity index is 0.737. The van der Waals surface area contributed by atoms with Gasteiger partial charge in [0.2, 0.25) is 5.91 Å². The smallest absolute Gasteiger partial charge is 0.269 e. The molecule has 2 aliphatic rings. The van der Waals surface area contributed by atoms with Gasteiger partial charge >= 0.3 is 0 Å². The summed E-state index contributed by atoms with van der Waals surface area (Å²) in [5, 5.41) is 9.38. The van der Waals surface area contributed by atoms with Gasteiger partial charge in [-0.05, 0) is 92.6 Å². The number of H-pyrrole nitrogens is 1. The Kier molecular flexibility index (Phi) is 17.7. The van der Waals surface area contributed by atoms with Crippen molar-refractivity contribution < 1.29 is 23.9 Å². The molecule has 2 aliphatic heterocycles. The minimum absolute atomic E-state index is 0.0486. The van der Waals surface area contributed by atoms with E-state index < -0.39 is 0 Å². The molecule has 67 heavy (non-hydrogen) atoms. The largest absolute Gasteiger partial charge is 0.497 e. The number of fused-ring (bicyclic) bond motifs is 1. The highest BCUT2D eigenvalue weighted by Gasteiger charge is 2.25. The van der Waals surface area contributed by atoms with Gasteiger partial charge in [-0.2, -0.15) is 0 Å². The van der Waals surface area contributed by atoms with E-state index in [1.807, 2.05) is 79.5 Å². The summed E-state index contributed by atoms with van der Waals surface area (Å²) in [6, 6.07) is 21.2. The zero-order valence-corrected chi connectivity index (χ0v) is 39.4. The van der Waals surface area contributed by atoms with Crippen LogP contribution in [0.1, 0.15) is 108 Å². The Labute approximate surface area is 394 Å². The number of ether oxygens (including phenoxy) is 2. The molecular formula is C52H67N9O6. The minimum Gasteiger partial charge on any atom is -0.497 e. The van der Waals surface area contributed by atoms with E-state index in [0.717, 1.165) is 135 Å². The molecule has 3 amide bonds. The van der Waals surface area contributed by atoms with E-state index in [-0.39, 0.29) is 35.7 Å². The molecule has 0 aliphatic carbocycles. The van der Waals surface area contributed by atoms with Crippen molar-refractivity contribution in [2.45, 2.75) is 84.2 Å². The van der Waals surface area contributed by atoms with Gasteiger partial charge in [0.15, 0.2) is 0 Å². The van der Waals surface area contributed by atoms with Crippen LogP contribution in [0.2, 0.25) is 0 Å². The van der Waals surface area contributed by atoms with Gasteiger partial charge in [-0.25, -0.2) is 4.98 Å². The number of benzene rings is 2. The van der Waals surface area contributed by atoms with Crippen LogP contribution in [0, 0.1) is 0 Å². The number of likely N-dealkylation sites (tertiary alicyclic amines) is 1. The third kappa shape index (κ3) is 13.6. The monoisotopic (exact) mass is 914 g/mol. The molecular weight excluding hydrogens is 847 g/mol. The topological polar surface area (TPSA) is 174 Å². The molecule has 2 fully saturated rings. The first-order chi connectivity index (χ1) is 32.7. The summed E-state index contributed by atoms with van der Waals surface area (Å²) < 4.78 is 11.1. The summed E-state index contributed by atoms with van der Waals surface area (Å²) in [4.78, 5) is 70.1. The molecule has 15 heteroatoms. The van der Waals surface area contributed by atoms with Gasteiger partial charge in [0.05, 0.1) is 43.2 Å². The predicted molar refractivity (Wildman–Crippen MR) is 262 cm³/mol. The molecule has 4 N–H and O–H groups in total. The Bertz CT molecular complexity index is 2490. The highest BCUT2D eigenvalue weighted by atomic mass is 16.5. The number of rotatable bonds is 22. The Hall–Kier alpha value is -6.32. The Morgan fingerprint density at radius 1 is 0.821 bits per heavy atom. The zero-order valence-electron chi connectivity index (χ0n) is 39.4. The van der Waals surface area contributed by atoms with Crippen LogP contribution >= 0.6 is 0 Å². The van der Waals surface area contributed by atoms with E-state index in [1.165, 1.54) is 0 Å². The molecule has 2 saturated heterocycles. The van der Waals surface area contributed by atoms with Crippen LogP contribution in [0.15, 0.2) is 83.9 Å². The molecule has 7 rings (SSSR count). The van der Waals surface area contributed by atoms with Crippen LogP contribution in [0.25, 0.3) is 11.0 Å². The highest BCUT2D eigenvalue weighted by Crippen LogP contribution is 2.28. The summed E-state index contributed by atoms with van der Waals surface area (Å²) in [6.45, 7) is 12.0. The number of anilines is 1. The van der Waals surface area contributed by atoms with E-state index in [0.29, 0.717) is 50.5 Å². The number of hydrogen-bond donors (Lipinski definition) is 4. The standard InChI is InChI=1S/C52H67N9O6/c1-4-38-29-46-47(58-51(38)64)27-37(31-56-46)35-59-23-25-60(26-24-59)43-17-19-45(57-33-43)52(65)55-21-10-8-6-7-9-20-54-50(63)40-14-11-13-39(28-40)42-15-12-22-61(36-42)49(62)34-53-32-41-16-18-44(66-3)30-48(41)67-5-2/h11,13-14,16-19,27-31,33,42,53H,4-10,12,15,20-26,32,34-36H2,1-3H3,(H,54,63)(H,55,65)(H,58,64)/t42-/m0/s1. The van der Waals surface area contributed by atoms with Gasteiger partial charge in [0.25, 0.3) is 17.4 Å². The molecule has 0 unspecified atom stereocenters. The maximum absolute atomic E-state index is 13.2. The molecule has 3 aromatic heterocycles. The van der Waals surface area contributed by atoms with Gasteiger partial charge in [0.1, 0.15) is 17.2 Å². The van der Waals surface area contributed by atoms with E-state index >= 15 is 0 Å².